The van der Waals surface area contributed by atoms with Crippen molar-refractivity contribution >= 4 is 55.3 Å². The highest BCUT2D eigenvalue weighted by molar-refractivity contribution is 9.10. The van der Waals surface area contributed by atoms with Crippen LogP contribution in [0.25, 0.3) is 0 Å². The van der Waals surface area contributed by atoms with Gasteiger partial charge >= 0.3 is 0 Å². The summed E-state index contributed by atoms with van der Waals surface area (Å²) in [5.41, 5.74) is 0.928. The molecule has 0 radical (unpaired) electrons. The number of carbonyl (C=O) groups is 2. The van der Waals surface area contributed by atoms with E-state index in [1.165, 1.54) is 6.42 Å². The minimum absolute atomic E-state index is 0.132. The summed E-state index contributed by atoms with van der Waals surface area (Å²) in [7, 11) is 0. The van der Waals surface area contributed by atoms with Gasteiger partial charge in [0.1, 0.15) is 11.8 Å². The molecule has 0 aromatic heterocycles. The summed E-state index contributed by atoms with van der Waals surface area (Å²) < 4.78 is 7.32. The highest BCUT2D eigenvalue weighted by atomic mass is 79.9. The first-order valence-corrected chi connectivity index (χ1v) is 12.7. The van der Waals surface area contributed by atoms with Crippen LogP contribution in [0.3, 0.4) is 0 Å². The van der Waals surface area contributed by atoms with Crippen LogP contribution in [0.4, 0.5) is 0 Å². The Kier molecular flexibility index (Phi) is 9.44. The van der Waals surface area contributed by atoms with Crippen LogP contribution in [0.2, 0.25) is 5.02 Å². The molecule has 0 spiro atoms. The first-order chi connectivity index (χ1) is 15.3. The Hall–Kier alpha value is -1.57. The van der Waals surface area contributed by atoms with Crippen LogP contribution in [-0.4, -0.2) is 35.4 Å². The number of benzene rings is 2. The van der Waals surface area contributed by atoms with Crippen molar-refractivity contribution in [3.63, 3.8) is 0 Å². The van der Waals surface area contributed by atoms with Crippen LogP contribution in [0.5, 0.6) is 5.75 Å². The van der Waals surface area contributed by atoms with Crippen molar-refractivity contribution in [2.75, 3.05) is 6.61 Å². The normalized spacial score (nSPS) is 15.1. The van der Waals surface area contributed by atoms with E-state index in [0.29, 0.717) is 21.8 Å². The summed E-state index contributed by atoms with van der Waals surface area (Å²) in [5.74, 6) is 0.121. The standard InChI is InChI=1S/C24H27Br2ClN2O3/c1-16(24(31)28-20-8-3-2-4-9-20)29(14-17-6-5-7-18(25)12-17)23(30)15-32-22-11-10-19(27)13-21(22)26/h5-7,10-13,16,20H,2-4,8-9,14-15H2,1H3,(H,28,31)/t16-/m1/s1. The highest BCUT2D eigenvalue weighted by Crippen LogP contribution is 2.28. The Balaban J connectivity index is 1.72. The monoisotopic (exact) mass is 584 g/mol. The van der Waals surface area contributed by atoms with Crippen LogP contribution in [0.15, 0.2) is 51.4 Å². The van der Waals surface area contributed by atoms with Gasteiger partial charge in [0.25, 0.3) is 5.91 Å². The van der Waals surface area contributed by atoms with Gasteiger partial charge in [-0.25, -0.2) is 0 Å². The van der Waals surface area contributed by atoms with Gasteiger partial charge in [-0.1, -0.05) is 58.9 Å². The van der Waals surface area contributed by atoms with E-state index in [0.717, 1.165) is 35.7 Å². The molecule has 32 heavy (non-hydrogen) atoms. The van der Waals surface area contributed by atoms with Crippen LogP contribution < -0.4 is 10.1 Å². The number of rotatable bonds is 8. The number of ether oxygens (including phenoxy) is 1. The van der Waals surface area contributed by atoms with Crippen LogP contribution in [-0.2, 0) is 16.1 Å². The van der Waals surface area contributed by atoms with Gasteiger partial charge < -0.3 is 15.0 Å². The number of hydrogen-bond donors (Lipinski definition) is 1. The average Bonchev–Trinajstić information content (AvgIpc) is 2.77. The fourth-order valence-electron chi connectivity index (χ4n) is 3.80. The number of halogens is 3. The Morgan fingerprint density at radius 2 is 1.91 bits per heavy atom. The van der Waals surface area contributed by atoms with Gasteiger partial charge in [-0.05, 0) is 71.6 Å². The quantitative estimate of drug-likeness (QED) is 0.406. The number of nitrogens with one attached hydrogen (secondary N) is 1. The average molecular weight is 587 g/mol. The largest absolute Gasteiger partial charge is 0.483 e. The van der Waals surface area contributed by atoms with Crippen LogP contribution >= 0.6 is 43.5 Å². The Bertz CT molecular complexity index is 951. The first kappa shape index (κ1) is 25.1. The van der Waals surface area contributed by atoms with Crippen molar-refractivity contribution in [3.8, 4) is 5.75 Å². The summed E-state index contributed by atoms with van der Waals surface area (Å²) in [4.78, 5) is 27.8. The summed E-state index contributed by atoms with van der Waals surface area (Å²) >= 11 is 12.9. The molecule has 1 atom stereocenters. The predicted molar refractivity (Wildman–Crippen MR) is 134 cm³/mol. The van der Waals surface area contributed by atoms with Crippen LogP contribution in [0, 0.1) is 0 Å². The zero-order valence-electron chi connectivity index (χ0n) is 18.0. The zero-order valence-corrected chi connectivity index (χ0v) is 21.9. The Morgan fingerprint density at radius 1 is 1.16 bits per heavy atom. The second kappa shape index (κ2) is 12.1. The maximum absolute atomic E-state index is 13.2. The minimum Gasteiger partial charge on any atom is -0.483 e. The molecule has 1 fully saturated rings. The summed E-state index contributed by atoms with van der Waals surface area (Å²) in [6.45, 7) is 1.89. The van der Waals surface area contributed by atoms with Gasteiger partial charge in [0.2, 0.25) is 5.91 Å². The van der Waals surface area contributed by atoms with Crippen molar-refractivity contribution in [3.05, 3.63) is 62.0 Å². The number of hydrogen-bond acceptors (Lipinski definition) is 3. The predicted octanol–water partition coefficient (Wildman–Crippen LogP) is 6.11. The zero-order chi connectivity index (χ0) is 23.1. The SMILES string of the molecule is C[C@H](C(=O)NC1CCCCC1)N(Cc1cccc(Br)c1)C(=O)COc1ccc(Cl)cc1Br. The molecule has 172 valence electrons. The molecule has 8 heteroatoms. The molecule has 5 nitrogen and oxygen atoms in total. The maximum atomic E-state index is 13.2. The smallest absolute Gasteiger partial charge is 0.261 e. The minimum atomic E-state index is -0.624. The third kappa shape index (κ3) is 7.22. The topological polar surface area (TPSA) is 58.6 Å². The fraction of sp³-hybridized carbons (Fsp3) is 0.417. The van der Waals surface area contributed by atoms with Gasteiger partial charge in [0.05, 0.1) is 4.47 Å². The number of nitrogens with zero attached hydrogens (tertiary/aromatic N) is 1. The third-order valence-corrected chi connectivity index (χ3v) is 6.95. The molecule has 1 aliphatic carbocycles. The van der Waals surface area contributed by atoms with Gasteiger partial charge in [-0.15, -0.1) is 0 Å². The van der Waals surface area contributed by atoms with Crippen molar-refractivity contribution in [2.24, 2.45) is 0 Å². The van der Waals surface area contributed by atoms with Crippen LogP contribution in [0.1, 0.15) is 44.6 Å². The van der Waals surface area contributed by atoms with Crippen molar-refractivity contribution in [2.45, 2.75) is 57.7 Å². The maximum Gasteiger partial charge on any atom is 0.261 e. The Morgan fingerprint density at radius 3 is 2.59 bits per heavy atom. The molecule has 0 aliphatic heterocycles. The van der Waals surface area contributed by atoms with Crippen molar-refractivity contribution in [1.29, 1.82) is 0 Å². The van der Waals surface area contributed by atoms with E-state index < -0.39 is 6.04 Å². The van der Waals surface area contributed by atoms with Gasteiger partial charge in [-0.3, -0.25) is 9.59 Å². The van der Waals surface area contributed by atoms with Gasteiger partial charge in [0, 0.05) is 22.1 Å². The molecular formula is C24H27Br2ClN2O3. The molecule has 0 bridgehead atoms. The first-order valence-electron chi connectivity index (χ1n) is 10.8. The summed E-state index contributed by atoms with van der Waals surface area (Å²) in [5, 5.41) is 3.70. The van der Waals surface area contributed by atoms with E-state index in [4.69, 9.17) is 16.3 Å². The third-order valence-electron chi connectivity index (χ3n) is 5.61. The summed E-state index contributed by atoms with van der Waals surface area (Å²) in [6.07, 6.45) is 5.46. The van der Waals surface area contributed by atoms with Gasteiger partial charge in [-0.2, -0.15) is 0 Å². The van der Waals surface area contributed by atoms with E-state index >= 15 is 0 Å². The molecular weight excluding hydrogens is 560 g/mol. The lowest BCUT2D eigenvalue weighted by Crippen LogP contribution is -2.51. The van der Waals surface area contributed by atoms with E-state index in [1.54, 1.807) is 30.0 Å². The lowest BCUT2D eigenvalue weighted by atomic mass is 9.95. The van der Waals surface area contributed by atoms with Crippen molar-refractivity contribution < 1.29 is 14.3 Å². The Labute approximate surface area is 211 Å². The molecule has 0 unspecified atom stereocenters. The second-order valence-electron chi connectivity index (χ2n) is 8.03. The molecule has 1 aliphatic rings. The molecule has 2 aromatic rings. The second-order valence-corrected chi connectivity index (χ2v) is 10.2. The van der Waals surface area contributed by atoms with E-state index in [-0.39, 0.29) is 24.5 Å². The molecule has 2 aromatic carbocycles. The highest BCUT2D eigenvalue weighted by Gasteiger charge is 2.28. The summed E-state index contributed by atoms with van der Waals surface area (Å²) in [6, 6.07) is 12.4. The number of amides is 2. The van der Waals surface area contributed by atoms with Crippen molar-refractivity contribution in [1.82, 2.24) is 10.2 Å². The van der Waals surface area contributed by atoms with E-state index in [2.05, 4.69) is 37.2 Å². The molecule has 3 rings (SSSR count). The molecule has 1 N–H and O–H groups in total. The van der Waals surface area contributed by atoms with E-state index in [9.17, 15) is 9.59 Å². The van der Waals surface area contributed by atoms with E-state index in [1.807, 2.05) is 24.3 Å². The molecule has 0 saturated heterocycles. The molecule has 2 amide bonds. The lowest BCUT2D eigenvalue weighted by Gasteiger charge is -2.31. The number of carbonyl (C=O) groups excluding carboxylic acids is 2. The molecule has 1 saturated carbocycles. The molecule has 0 heterocycles. The fourth-order valence-corrected chi connectivity index (χ4v) is 5.04. The van der Waals surface area contributed by atoms with Gasteiger partial charge in [0.15, 0.2) is 6.61 Å². The lowest BCUT2D eigenvalue weighted by molar-refractivity contribution is -0.142.